The van der Waals surface area contributed by atoms with Crippen LogP contribution in [-0.4, -0.2) is 45.7 Å². The van der Waals surface area contributed by atoms with Crippen LogP contribution in [0.1, 0.15) is 19.8 Å². The normalized spacial score (nSPS) is 13.0. The summed E-state index contributed by atoms with van der Waals surface area (Å²) < 4.78 is 28.0. The fraction of sp³-hybridized carbons (Fsp3) is 0.333. The molecule has 118 valence electrons. The first kappa shape index (κ1) is 16.0. The lowest BCUT2D eigenvalue weighted by molar-refractivity contribution is -0.139. The summed E-state index contributed by atoms with van der Waals surface area (Å²) >= 11 is 0. The van der Waals surface area contributed by atoms with Crippen LogP contribution in [0.15, 0.2) is 35.5 Å². The van der Waals surface area contributed by atoms with Gasteiger partial charge in [-0.1, -0.05) is 13.3 Å². The SMILES string of the molecule is CCCC(NS(=O)(=O)c1ccc(-n2cnnn2)cc1)C(=O)O. The number of carboxylic acid groups (broad SMARTS) is 1. The number of benzene rings is 1. The van der Waals surface area contributed by atoms with E-state index in [1.54, 1.807) is 6.92 Å². The number of nitrogens with zero attached hydrogens (tertiary/aromatic N) is 4. The Morgan fingerprint density at radius 1 is 1.36 bits per heavy atom. The quantitative estimate of drug-likeness (QED) is 0.744. The monoisotopic (exact) mass is 325 g/mol. The first-order valence-electron chi connectivity index (χ1n) is 6.52. The van der Waals surface area contributed by atoms with Crippen LogP contribution in [0.3, 0.4) is 0 Å². The van der Waals surface area contributed by atoms with Crippen molar-refractivity contribution in [3.63, 3.8) is 0 Å². The van der Waals surface area contributed by atoms with Crippen LogP contribution in [0.4, 0.5) is 0 Å². The molecule has 2 N–H and O–H groups in total. The van der Waals surface area contributed by atoms with Crippen molar-refractivity contribution in [2.45, 2.75) is 30.7 Å². The van der Waals surface area contributed by atoms with E-state index in [0.717, 1.165) is 0 Å². The highest BCUT2D eigenvalue weighted by Crippen LogP contribution is 2.14. The maximum Gasteiger partial charge on any atom is 0.321 e. The summed E-state index contributed by atoms with van der Waals surface area (Å²) in [5.41, 5.74) is 0.590. The number of hydrogen-bond donors (Lipinski definition) is 2. The van der Waals surface area contributed by atoms with E-state index in [9.17, 15) is 13.2 Å². The molecule has 0 saturated heterocycles. The Kier molecular flexibility index (Phi) is 4.83. The van der Waals surface area contributed by atoms with Gasteiger partial charge in [-0.3, -0.25) is 4.79 Å². The van der Waals surface area contributed by atoms with Crippen molar-refractivity contribution in [1.82, 2.24) is 24.9 Å². The van der Waals surface area contributed by atoms with Gasteiger partial charge in [0.15, 0.2) is 0 Å². The first-order chi connectivity index (χ1) is 10.4. The molecule has 0 aliphatic heterocycles. The molecule has 2 aromatic rings. The minimum atomic E-state index is -3.90. The van der Waals surface area contributed by atoms with Crippen molar-refractivity contribution in [3.05, 3.63) is 30.6 Å². The summed E-state index contributed by atoms with van der Waals surface area (Å²) in [6, 6.07) is 4.64. The summed E-state index contributed by atoms with van der Waals surface area (Å²) in [5.74, 6) is -1.20. The molecule has 1 heterocycles. The third-order valence-electron chi connectivity index (χ3n) is 2.93. The van der Waals surface area contributed by atoms with Crippen molar-refractivity contribution in [2.24, 2.45) is 0 Å². The molecule has 1 aromatic carbocycles. The van der Waals surface area contributed by atoms with Gasteiger partial charge in [-0.15, -0.1) is 5.10 Å². The molecule has 0 amide bonds. The molecule has 9 nitrogen and oxygen atoms in total. The lowest BCUT2D eigenvalue weighted by atomic mass is 10.2. The van der Waals surface area contributed by atoms with Crippen LogP contribution in [0.5, 0.6) is 0 Å². The minimum absolute atomic E-state index is 0.0216. The number of tetrazole rings is 1. The van der Waals surface area contributed by atoms with Gasteiger partial charge in [0.05, 0.1) is 10.6 Å². The summed E-state index contributed by atoms with van der Waals surface area (Å²) in [7, 11) is -3.90. The molecule has 2 rings (SSSR count). The third-order valence-corrected chi connectivity index (χ3v) is 4.42. The van der Waals surface area contributed by atoms with E-state index in [1.807, 2.05) is 0 Å². The van der Waals surface area contributed by atoms with Crippen molar-refractivity contribution in [2.75, 3.05) is 0 Å². The molecule has 0 aliphatic carbocycles. The largest absolute Gasteiger partial charge is 0.480 e. The summed E-state index contributed by atoms with van der Waals surface area (Å²) in [5, 5.41) is 19.7. The Hall–Kier alpha value is -2.33. The number of nitrogens with one attached hydrogen (secondary N) is 1. The topological polar surface area (TPSA) is 127 Å². The van der Waals surface area contributed by atoms with Crippen LogP contribution in [0.2, 0.25) is 0 Å². The number of carbonyl (C=O) groups is 1. The highest BCUT2D eigenvalue weighted by molar-refractivity contribution is 7.89. The van der Waals surface area contributed by atoms with Crippen LogP contribution < -0.4 is 4.72 Å². The number of carboxylic acids is 1. The van der Waals surface area contributed by atoms with Gasteiger partial charge in [-0.05, 0) is 41.1 Å². The molecule has 10 heteroatoms. The van der Waals surface area contributed by atoms with Gasteiger partial charge in [0, 0.05) is 0 Å². The zero-order valence-corrected chi connectivity index (χ0v) is 12.6. The van der Waals surface area contributed by atoms with Gasteiger partial charge < -0.3 is 5.11 Å². The lowest BCUT2D eigenvalue weighted by Gasteiger charge is -2.14. The predicted molar refractivity (Wildman–Crippen MR) is 75.8 cm³/mol. The standard InChI is InChI=1S/C12H15N5O4S/c1-2-3-11(12(18)19)14-22(20,21)10-6-4-9(5-7-10)17-8-13-15-16-17/h4-8,11,14H,2-3H2,1H3,(H,18,19). The zero-order valence-electron chi connectivity index (χ0n) is 11.7. The molecule has 22 heavy (non-hydrogen) atoms. The zero-order chi connectivity index (χ0) is 16.2. The molecule has 1 atom stereocenters. The van der Waals surface area contributed by atoms with Gasteiger partial charge >= 0.3 is 5.97 Å². The maximum atomic E-state index is 12.2. The van der Waals surface area contributed by atoms with E-state index in [4.69, 9.17) is 5.11 Å². The number of sulfonamides is 1. The Labute approximate surface area is 127 Å². The summed E-state index contributed by atoms with van der Waals surface area (Å²) in [4.78, 5) is 11.0. The molecule has 1 unspecified atom stereocenters. The molecule has 0 saturated carbocycles. The van der Waals surface area contributed by atoms with Crippen LogP contribution in [0, 0.1) is 0 Å². The van der Waals surface area contributed by atoms with E-state index in [0.29, 0.717) is 12.1 Å². The molecule has 0 bridgehead atoms. The molecule has 0 spiro atoms. The van der Waals surface area contributed by atoms with Crippen LogP contribution in [-0.2, 0) is 14.8 Å². The molecule has 1 aromatic heterocycles. The number of aliphatic carboxylic acids is 1. The Morgan fingerprint density at radius 2 is 2.05 bits per heavy atom. The van der Waals surface area contributed by atoms with Crippen LogP contribution >= 0.6 is 0 Å². The fourth-order valence-electron chi connectivity index (χ4n) is 1.83. The molecule has 0 aliphatic rings. The predicted octanol–water partition coefficient (Wildman–Crippen LogP) is 0.194. The lowest BCUT2D eigenvalue weighted by Crippen LogP contribution is -2.40. The van der Waals surface area contributed by atoms with Crippen LogP contribution in [0.25, 0.3) is 5.69 Å². The molecule has 0 fully saturated rings. The highest BCUT2D eigenvalue weighted by atomic mass is 32.2. The number of aromatic nitrogens is 4. The molecule has 0 radical (unpaired) electrons. The molecular weight excluding hydrogens is 310 g/mol. The Balaban J connectivity index is 2.20. The average Bonchev–Trinajstić information content (AvgIpc) is 3.01. The summed E-state index contributed by atoms with van der Waals surface area (Å²) in [6.45, 7) is 1.78. The fourth-order valence-corrected chi connectivity index (χ4v) is 3.06. The van der Waals surface area contributed by atoms with Crippen molar-refractivity contribution in [3.8, 4) is 5.69 Å². The second-order valence-electron chi connectivity index (χ2n) is 4.55. The first-order valence-corrected chi connectivity index (χ1v) is 8.01. The van der Waals surface area contributed by atoms with Gasteiger partial charge in [-0.25, -0.2) is 13.1 Å². The van der Waals surface area contributed by atoms with Gasteiger partial charge in [0.2, 0.25) is 10.0 Å². The van der Waals surface area contributed by atoms with E-state index in [2.05, 4.69) is 20.2 Å². The second-order valence-corrected chi connectivity index (χ2v) is 6.26. The Morgan fingerprint density at radius 3 is 2.55 bits per heavy atom. The van der Waals surface area contributed by atoms with Gasteiger partial charge in [0.25, 0.3) is 0 Å². The molecular formula is C12H15N5O4S. The second kappa shape index (κ2) is 6.62. The third kappa shape index (κ3) is 3.65. The average molecular weight is 325 g/mol. The minimum Gasteiger partial charge on any atom is -0.480 e. The van der Waals surface area contributed by atoms with Crippen molar-refractivity contribution >= 4 is 16.0 Å². The highest BCUT2D eigenvalue weighted by Gasteiger charge is 2.24. The van der Waals surface area contributed by atoms with E-state index < -0.39 is 22.0 Å². The number of hydrogen-bond acceptors (Lipinski definition) is 6. The van der Waals surface area contributed by atoms with E-state index >= 15 is 0 Å². The van der Waals surface area contributed by atoms with Crippen molar-refractivity contribution in [1.29, 1.82) is 0 Å². The van der Waals surface area contributed by atoms with Gasteiger partial charge in [0.1, 0.15) is 12.4 Å². The maximum absolute atomic E-state index is 12.2. The number of rotatable bonds is 7. The Bertz CT molecular complexity index is 727. The van der Waals surface area contributed by atoms with Crippen molar-refractivity contribution < 1.29 is 18.3 Å². The smallest absolute Gasteiger partial charge is 0.321 e. The summed E-state index contributed by atoms with van der Waals surface area (Å²) in [6.07, 6.45) is 2.15. The van der Waals surface area contributed by atoms with E-state index in [-0.39, 0.29) is 11.3 Å². The van der Waals surface area contributed by atoms with Gasteiger partial charge in [-0.2, -0.15) is 4.72 Å². The van der Waals surface area contributed by atoms with E-state index in [1.165, 1.54) is 35.3 Å².